The van der Waals surface area contributed by atoms with Gasteiger partial charge in [0.2, 0.25) is 29.5 Å². The first kappa shape index (κ1) is 60.0. The summed E-state index contributed by atoms with van der Waals surface area (Å²) in [7, 11) is 0. The number of hydrazine groups is 1. The largest absolute Gasteiger partial charge is 0.508 e. The third kappa shape index (κ3) is 18.7. The van der Waals surface area contributed by atoms with Crippen molar-refractivity contribution in [3.05, 3.63) is 53.7 Å². The number of carbonyl (C=O) groups excluding carboxylic acids is 7. The second-order valence-electron chi connectivity index (χ2n) is 17.9. The number of carbonyl (C=O) groups is 8. The van der Waals surface area contributed by atoms with E-state index >= 15 is 0 Å². The predicted octanol–water partition coefficient (Wildman–Crippen LogP) is -0.985. The van der Waals surface area contributed by atoms with Crippen molar-refractivity contribution in [3.8, 4) is 5.75 Å². The van der Waals surface area contributed by atoms with E-state index in [-0.39, 0.29) is 108 Å². The molecule has 24 nitrogen and oxygen atoms in total. The Morgan fingerprint density at radius 2 is 1.46 bits per heavy atom. The summed E-state index contributed by atoms with van der Waals surface area (Å²) in [6.45, 7) is 2.21. The number of aliphatic imine (C=N–C) groups is 1. The number of carboxylic acid groups (broad SMARTS) is 1. The van der Waals surface area contributed by atoms with Gasteiger partial charge in [0.05, 0.1) is 17.7 Å². The molecule has 0 aliphatic carbocycles. The van der Waals surface area contributed by atoms with E-state index in [0.717, 1.165) is 0 Å². The number of pyridine rings is 1. The molecular formula is C47H71N13O11Tc. The molecule has 3 heterocycles. The minimum atomic E-state index is -1.45. The molecule has 2 fully saturated rings. The van der Waals surface area contributed by atoms with Crippen molar-refractivity contribution in [2.24, 2.45) is 28.0 Å². The van der Waals surface area contributed by atoms with Gasteiger partial charge in [-0.05, 0) is 120 Å². The molecule has 6 amide bonds. The van der Waals surface area contributed by atoms with Gasteiger partial charge in [0.25, 0.3) is 5.91 Å². The van der Waals surface area contributed by atoms with Crippen LogP contribution < -0.4 is 49.7 Å². The fourth-order valence-electron chi connectivity index (χ4n) is 8.58. The number of aliphatic carboxylic acids is 1. The van der Waals surface area contributed by atoms with E-state index in [1.165, 1.54) is 47.2 Å². The number of anilines is 1. The number of hydrogen-bond donors (Lipinski definition) is 12. The predicted molar refractivity (Wildman–Crippen MR) is 261 cm³/mol. The molecule has 2 aliphatic rings. The van der Waals surface area contributed by atoms with Crippen LogP contribution in [0.2, 0.25) is 0 Å². The van der Waals surface area contributed by atoms with Gasteiger partial charge in [-0.3, -0.25) is 38.6 Å². The fourth-order valence-corrected chi connectivity index (χ4v) is 8.58. The van der Waals surface area contributed by atoms with E-state index in [1.807, 2.05) is 0 Å². The van der Waals surface area contributed by atoms with Crippen LogP contribution in [-0.4, -0.2) is 152 Å². The van der Waals surface area contributed by atoms with Gasteiger partial charge in [0.1, 0.15) is 41.8 Å². The number of unbranched alkanes of at least 4 members (excludes halogenated alkanes) is 3. The molecule has 1 radical (unpaired) electrons. The molecule has 2 aromatic rings. The minimum Gasteiger partial charge on any atom is -0.508 e. The van der Waals surface area contributed by atoms with Gasteiger partial charge in [-0.15, -0.1) is 0 Å². The maximum Gasteiger partial charge on any atom is 0.326 e. The summed E-state index contributed by atoms with van der Waals surface area (Å²) in [6, 6.07) is 2.61. The Hall–Kier alpha value is -6.27. The number of carboxylic acids is 1. The number of phenols is 1. The van der Waals surface area contributed by atoms with Gasteiger partial charge < -0.3 is 69.0 Å². The normalized spacial score (nSPS) is 17.2. The van der Waals surface area contributed by atoms with Crippen molar-refractivity contribution in [2.75, 3.05) is 31.6 Å². The molecule has 7 atom stereocenters. The Bertz CT molecular complexity index is 2160. The second-order valence-corrected chi connectivity index (χ2v) is 17.9. The van der Waals surface area contributed by atoms with Crippen LogP contribution in [0.25, 0.3) is 0 Å². The molecule has 25 heteroatoms. The molecule has 0 bridgehead atoms. The van der Waals surface area contributed by atoms with Crippen LogP contribution in [0.4, 0.5) is 5.82 Å². The number of nitrogens with zero attached hydrogens (tertiary/aromatic N) is 4. The Kier molecular flexibility index (Phi) is 25.5. The number of guanidine groups is 1. The molecule has 72 heavy (non-hydrogen) atoms. The van der Waals surface area contributed by atoms with Gasteiger partial charge in [0, 0.05) is 58.8 Å². The number of nitrogen functional groups attached to an aromatic ring is 1. The molecule has 0 spiro atoms. The summed E-state index contributed by atoms with van der Waals surface area (Å²) in [4.78, 5) is 118. The van der Waals surface area contributed by atoms with Crippen LogP contribution in [0.5, 0.6) is 5.75 Å². The number of rotatable bonds is 29. The third-order valence-electron chi connectivity index (χ3n) is 12.4. The van der Waals surface area contributed by atoms with Crippen molar-refractivity contribution in [3.63, 3.8) is 0 Å². The van der Waals surface area contributed by atoms with Crippen LogP contribution in [0.1, 0.15) is 113 Å². The van der Waals surface area contributed by atoms with Crippen LogP contribution in [0, 0.1) is 0 Å². The molecule has 1 aromatic heterocycles. The second kappa shape index (κ2) is 30.6. The van der Waals surface area contributed by atoms with Crippen LogP contribution in [0.15, 0.2) is 47.6 Å². The zero-order chi connectivity index (χ0) is 52.0. The standard InChI is InChI=1S/C47H71N13O11.Tc/c1-28(61)40(57-39(64)15-4-2-3-14-37(63)34(26-29-16-19-31(62)20-17-29)56-41(65)30-18-21-38(58-51)53-27-30)43(67)54-32(10-5-6-22-48)44(68)60-25-9-13-36(60)45(69)59-24-8-12-35(59)42(66)55-33(46(70)71)11-7-23-52-47(49)50;/h16-21,27-28,32-36,40,61-62H,2-15,22-26,48,51H2,1H3,(H,53,58)(H,54,67)(H,55,66)(H,56,65)(H,57,64)(H,70,71)(H4,49,50,52);/i;1+1. The summed E-state index contributed by atoms with van der Waals surface area (Å²) in [5, 5.41) is 40.7. The molecule has 7 unspecified atom stereocenters. The molecule has 2 saturated heterocycles. The number of Topliss-reactive ketones (excluding diaryl/α,β-unsaturated/α-hetero) is 1. The maximum atomic E-state index is 14.3. The van der Waals surface area contributed by atoms with E-state index in [2.05, 4.69) is 36.7 Å². The summed E-state index contributed by atoms with van der Waals surface area (Å²) in [5.41, 5.74) is 19.7. The van der Waals surface area contributed by atoms with E-state index < -0.39 is 83.8 Å². The van der Waals surface area contributed by atoms with Crippen LogP contribution >= 0.6 is 0 Å². The van der Waals surface area contributed by atoms with Gasteiger partial charge in [-0.2, -0.15) is 0 Å². The van der Waals surface area contributed by atoms with Crippen molar-refractivity contribution in [1.29, 1.82) is 0 Å². The number of aromatic nitrogens is 1. The number of ketones is 1. The van der Waals surface area contributed by atoms with Crippen molar-refractivity contribution in [2.45, 2.75) is 146 Å². The monoisotopic (exact) mass is 1090 g/mol. The average molecular weight is 1090 g/mol. The number of nitrogens with two attached hydrogens (primary N) is 4. The Labute approximate surface area is 431 Å². The summed E-state index contributed by atoms with van der Waals surface area (Å²) < 4.78 is 0. The molecular weight excluding hydrogens is 1020 g/mol. The fraction of sp³-hybridized carbons (Fsp3) is 0.574. The number of benzene rings is 1. The molecule has 0 saturated carbocycles. The summed E-state index contributed by atoms with van der Waals surface area (Å²) in [5.74, 6) is 0.564. The number of hydrogen-bond acceptors (Lipinski definition) is 15. The quantitative estimate of drug-likeness (QED) is 0.0153. The molecule has 16 N–H and O–H groups in total. The zero-order valence-electron chi connectivity index (χ0n) is 40.6. The first-order valence-electron chi connectivity index (χ1n) is 24.2. The first-order chi connectivity index (χ1) is 33.9. The number of amides is 6. The molecule has 2 aliphatic heterocycles. The Balaban J connectivity index is 0.0000137. The number of likely N-dealkylation sites (tertiary alicyclic amines) is 2. The number of phenolic OH excluding ortho intramolecular Hbond substituents is 1. The molecule has 397 valence electrons. The Morgan fingerprint density at radius 3 is 2.08 bits per heavy atom. The smallest absolute Gasteiger partial charge is 0.326 e. The van der Waals surface area contributed by atoms with Crippen LogP contribution in [0.3, 0.4) is 0 Å². The van der Waals surface area contributed by atoms with Gasteiger partial charge in [0.15, 0.2) is 11.7 Å². The third-order valence-corrected chi connectivity index (χ3v) is 12.4. The van der Waals surface area contributed by atoms with Gasteiger partial charge in [-0.1, -0.05) is 18.6 Å². The number of aliphatic hydroxyl groups excluding tert-OH is 1. The first-order valence-corrected chi connectivity index (χ1v) is 24.2. The van der Waals surface area contributed by atoms with E-state index in [9.17, 15) is 53.7 Å². The van der Waals surface area contributed by atoms with Crippen molar-refractivity contribution >= 4 is 59.0 Å². The zero-order valence-corrected chi connectivity index (χ0v) is 42.5. The SMILES string of the molecule is CC(O)C(NC(=O)CCCCCC(=O)C(Cc1ccc(O)cc1)NC(=O)c1ccc(NN)nc1)C(=O)NC(CCCCN)C(=O)N1CCCC1C(=O)N1CCCC1C(=O)NC(CCCN=C(N)N)C(=O)O.[99Tc]. The van der Waals surface area contributed by atoms with Gasteiger partial charge >= 0.3 is 5.97 Å². The van der Waals surface area contributed by atoms with Crippen LogP contribution in [-0.2, 0) is 60.1 Å². The van der Waals surface area contributed by atoms with Gasteiger partial charge in [-0.25, -0.2) is 15.6 Å². The van der Waals surface area contributed by atoms with E-state index in [4.69, 9.17) is 23.0 Å². The maximum absolute atomic E-state index is 14.3. The Morgan fingerprint density at radius 1 is 0.792 bits per heavy atom. The minimum absolute atomic E-state index is 0. The summed E-state index contributed by atoms with van der Waals surface area (Å²) in [6.07, 6.45) is 4.19. The van der Waals surface area contributed by atoms with Crippen molar-refractivity contribution < 1.29 is 73.8 Å². The average Bonchev–Trinajstić information content (AvgIpc) is 4.05. The topological polar surface area (TPSA) is 393 Å². The van der Waals surface area contributed by atoms with E-state index in [1.54, 1.807) is 12.1 Å². The number of aliphatic hydroxyl groups is 1. The number of aromatic hydroxyl groups is 1. The molecule has 4 rings (SSSR count). The number of nitrogens with one attached hydrogen (secondary N) is 5. The van der Waals surface area contributed by atoms with Crippen molar-refractivity contribution in [1.82, 2.24) is 36.1 Å². The summed E-state index contributed by atoms with van der Waals surface area (Å²) >= 11 is 0. The van der Waals surface area contributed by atoms with E-state index in [0.29, 0.717) is 69.3 Å². The molecule has 1 aromatic carbocycles.